The molecule has 0 aromatic heterocycles. The SMILES string of the molecule is C/C1=C\CC(Cl)/C=C(\C)C2=C(N1)C(c1ccc(OC(CO)CO)cc1)N(C(=O)Oc1ccc(Cl)cc1)CC2. The van der Waals surface area contributed by atoms with Gasteiger partial charge in [-0.3, -0.25) is 4.90 Å². The van der Waals surface area contributed by atoms with Gasteiger partial charge in [-0.05, 0) is 79.8 Å². The van der Waals surface area contributed by atoms with Crippen LogP contribution >= 0.6 is 23.2 Å². The van der Waals surface area contributed by atoms with Crippen LogP contribution in [0.5, 0.6) is 11.5 Å². The third-order valence-corrected chi connectivity index (χ3v) is 7.12. The fourth-order valence-electron chi connectivity index (χ4n) is 4.62. The molecular formula is C29H32Cl2N2O5. The summed E-state index contributed by atoms with van der Waals surface area (Å²) in [5.74, 6) is 0.905. The van der Waals surface area contributed by atoms with Gasteiger partial charge in [0.1, 0.15) is 23.6 Å². The quantitative estimate of drug-likeness (QED) is 0.392. The fourth-order valence-corrected chi connectivity index (χ4v) is 5.03. The van der Waals surface area contributed by atoms with Crippen LogP contribution in [0.15, 0.2) is 83.2 Å². The predicted molar refractivity (Wildman–Crippen MR) is 149 cm³/mol. The van der Waals surface area contributed by atoms with Gasteiger partial charge in [0.05, 0.1) is 18.6 Å². The van der Waals surface area contributed by atoms with Gasteiger partial charge in [0, 0.05) is 23.0 Å². The van der Waals surface area contributed by atoms with Crippen molar-refractivity contribution in [1.29, 1.82) is 0 Å². The molecule has 0 saturated heterocycles. The number of nitrogens with one attached hydrogen (secondary N) is 1. The Labute approximate surface area is 233 Å². The van der Waals surface area contributed by atoms with Crippen LogP contribution < -0.4 is 14.8 Å². The van der Waals surface area contributed by atoms with Gasteiger partial charge in [0.2, 0.25) is 0 Å². The maximum absolute atomic E-state index is 13.5. The lowest BCUT2D eigenvalue weighted by atomic mass is 9.89. The van der Waals surface area contributed by atoms with Gasteiger partial charge >= 0.3 is 6.09 Å². The number of hydrogen-bond acceptors (Lipinski definition) is 6. The molecule has 9 heteroatoms. The zero-order chi connectivity index (χ0) is 27.2. The Morgan fingerprint density at radius 1 is 1.08 bits per heavy atom. The van der Waals surface area contributed by atoms with E-state index in [0.29, 0.717) is 35.9 Å². The van der Waals surface area contributed by atoms with Gasteiger partial charge < -0.3 is 25.0 Å². The predicted octanol–water partition coefficient (Wildman–Crippen LogP) is 5.72. The van der Waals surface area contributed by atoms with Crippen LogP contribution in [0.25, 0.3) is 0 Å². The van der Waals surface area contributed by atoms with E-state index in [4.69, 9.17) is 32.7 Å². The summed E-state index contributed by atoms with van der Waals surface area (Å²) >= 11 is 12.6. The average Bonchev–Trinajstić information content (AvgIpc) is 2.96. The van der Waals surface area contributed by atoms with Gasteiger partial charge in [-0.15, -0.1) is 11.6 Å². The molecule has 1 amide bonds. The first-order chi connectivity index (χ1) is 18.3. The van der Waals surface area contributed by atoms with Crippen LogP contribution in [0, 0.1) is 0 Å². The highest BCUT2D eigenvalue weighted by molar-refractivity contribution is 6.30. The molecular weight excluding hydrogens is 527 g/mol. The number of rotatable bonds is 6. The zero-order valence-corrected chi connectivity index (χ0v) is 22.9. The Bertz CT molecular complexity index is 1220. The molecule has 0 saturated carbocycles. The molecule has 2 aliphatic rings. The highest BCUT2D eigenvalue weighted by atomic mass is 35.5. The minimum Gasteiger partial charge on any atom is -0.486 e. The van der Waals surface area contributed by atoms with Gasteiger partial charge in [0.25, 0.3) is 0 Å². The first-order valence-corrected chi connectivity index (χ1v) is 13.3. The van der Waals surface area contributed by atoms with Crippen molar-refractivity contribution >= 4 is 29.3 Å². The normalized spacial score (nSPS) is 22.7. The topological polar surface area (TPSA) is 91.3 Å². The second-order valence-corrected chi connectivity index (χ2v) is 10.3. The van der Waals surface area contributed by atoms with Crippen molar-refractivity contribution in [3.63, 3.8) is 0 Å². The van der Waals surface area contributed by atoms with E-state index in [0.717, 1.165) is 28.1 Å². The van der Waals surface area contributed by atoms with Crippen molar-refractivity contribution in [2.45, 2.75) is 44.2 Å². The van der Waals surface area contributed by atoms with Crippen molar-refractivity contribution in [2.75, 3.05) is 19.8 Å². The van der Waals surface area contributed by atoms with Crippen LogP contribution in [0.1, 0.15) is 38.3 Å². The summed E-state index contributed by atoms with van der Waals surface area (Å²) < 4.78 is 11.4. The smallest absolute Gasteiger partial charge is 0.416 e. The molecule has 2 atom stereocenters. The molecule has 2 aromatic rings. The molecule has 3 N–H and O–H groups in total. The Morgan fingerprint density at radius 3 is 2.39 bits per heavy atom. The highest BCUT2D eigenvalue weighted by Crippen LogP contribution is 2.39. The van der Waals surface area contributed by atoms with Crippen molar-refractivity contribution in [3.8, 4) is 11.5 Å². The second-order valence-electron chi connectivity index (χ2n) is 9.35. The molecule has 0 aliphatic carbocycles. The maximum Gasteiger partial charge on any atom is 0.416 e. The maximum atomic E-state index is 13.5. The molecule has 0 radical (unpaired) electrons. The molecule has 2 aliphatic heterocycles. The number of hydrogen-bond donors (Lipinski definition) is 3. The zero-order valence-electron chi connectivity index (χ0n) is 21.4. The van der Waals surface area contributed by atoms with E-state index < -0.39 is 18.2 Å². The molecule has 2 heterocycles. The summed E-state index contributed by atoms with van der Waals surface area (Å²) in [6.07, 6.45) is 4.24. The molecule has 4 rings (SSSR count). The summed E-state index contributed by atoms with van der Waals surface area (Å²) in [6, 6.07) is 13.5. The largest absolute Gasteiger partial charge is 0.486 e. The molecule has 38 heavy (non-hydrogen) atoms. The third kappa shape index (κ3) is 6.72. The van der Waals surface area contributed by atoms with E-state index in [9.17, 15) is 15.0 Å². The lowest BCUT2D eigenvalue weighted by Gasteiger charge is -2.39. The van der Waals surface area contributed by atoms with Crippen LogP contribution in [-0.4, -0.2) is 52.4 Å². The van der Waals surface area contributed by atoms with E-state index >= 15 is 0 Å². The standard InChI is InChI=1S/C29H32Cl2N2O5/c1-18-15-22(31)6-3-19(2)32-27-26(18)13-14-33(29(36)38-24-11-7-21(30)8-12-24)28(27)20-4-9-23(10-5-20)37-25(16-34)17-35/h3-5,7-12,15,22,25,28,32,34-35H,6,13-14,16-17H2,1-2H3/b18-15+,19-3+. The van der Waals surface area contributed by atoms with Crippen molar-refractivity contribution in [2.24, 2.45) is 0 Å². The number of carbonyl (C=O) groups excluding carboxylic acids is 1. The fraction of sp³-hybridized carbons (Fsp3) is 0.345. The summed E-state index contributed by atoms with van der Waals surface area (Å²) in [7, 11) is 0. The van der Waals surface area contributed by atoms with Crippen LogP contribution in [-0.2, 0) is 0 Å². The van der Waals surface area contributed by atoms with Crippen LogP contribution in [0.4, 0.5) is 4.79 Å². The van der Waals surface area contributed by atoms with Crippen molar-refractivity contribution in [3.05, 3.63) is 93.8 Å². The number of aliphatic hydroxyl groups is 2. The lowest BCUT2D eigenvalue weighted by molar-refractivity contribution is 0.0629. The lowest BCUT2D eigenvalue weighted by Crippen LogP contribution is -2.44. The van der Waals surface area contributed by atoms with Gasteiger partial charge in [-0.1, -0.05) is 35.9 Å². The van der Waals surface area contributed by atoms with Crippen LogP contribution in [0.2, 0.25) is 5.02 Å². The summed E-state index contributed by atoms with van der Waals surface area (Å²) in [6.45, 7) is 3.87. The molecule has 0 fully saturated rings. The van der Waals surface area contributed by atoms with E-state index in [1.165, 1.54) is 0 Å². The molecule has 7 nitrogen and oxygen atoms in total. The number of ether oxygens (including phenoxy) is 2. The van der Waals surface area contributed by atoms with Gasteiger partial charge in [-0.2, -0.15) is 0 Å². The molecule has 0 bridgehead atoms. The summed E-state index contributed by atoms with van der Waals surface area (Å²) in [4.78, 5) is 15.2. The number of halogens is 2. The van der Waals surface area contributed by atoms with Crippen molar-refractivity contribution < 1.29 is 24.5 Å². The first kappa shape index (κ1) is 28.0. The van der Waals surface area contributed by atoms with Crippen LogP contribution in [0.3, 0.4) is 0 Å². The number of aliphatic hydroxyl groups excluding tert-OH is 2. The Kier molecular flexibility index (Phi) is 9.39. The second kappa shape index (κ2) is 12.7. The monoisotopic (exact) mass is 558 g/mol. The minimum absolute atomic E-state index is 0.132. The molecule has 202 valence electrons. The number of nitrogens with zero attached hydrogens (tertiary/aromatic N) is 1. The molecule has 2 unspecified atom stereocenters. The number of allylic oxidation sites excluding steroid dienone is 4. The highest BCUT2D eigenvalue weighted by Gasteiger charge is 2.36. The summed E-state index contributed by atoms with van der Waals surface area (Å²) in [5.41, 5.74) is 4.84. The Morgan fingerprint density at radius 2 is 1.74 bits per heavy atom. The number of carbonyl (C=O) groups is 1. The first-order valence-electron chi connectivity index (χ1n) is 12.5. The van der Waals surface area contributed by atoms with E-state index in [2.05, 4.69) is 17.5 Å². The molecule has 2 aromatic carbocycles. The summed E-state index contributed by atoms with van der Waals surface area (Å²) in [5, 5.41) is 22.7. The van der Waals surface area contributed by atoms with Crippen molar-refractivity contribution in [1.82, 2.24) is 10.2 Å². The van der Waals surface area contributed by atoms with Gasteiger partial charge in [-0.25, -0.2) is 4.79 Å². The van der Waals surface area contributed by atoms with E-state index in [1.54, 1.807) is 41.3 Å². The van der Waals surface area contributed by atoms with E-state index in [1.807, 2.05) is 26.0 Å². The Hall–Kier alpha value is -2.97. The number of alkyl halides is 1. The third-order valence-electron chi connectivity index (χ3n) is 6.56. The Balaban J connectivity index is 1.74. The number of benzene rings is 2. The van der Waals surface area contributed by atoms with E-state index in [-0.39, 0.29) is 18.6 Å². The minimum atomic E-state index is -0.712. The molecule has 0 spiro atoms. The number of amides is 1. The average molecular weight is 559 g/mol. The van der Waals surface area contributed by atoms with Gasteiger partial charge in [0.15, 0.2) is 0 Å².